The molecule has 1 aromatic carbocycles. The molecule has 4 aromatic rings. The van der Waals surface area contributed by atoms with E-state index in [0.717, 1.165) is 40.9 Å². The number of aryl methyl sites for hydroxylation is 1. The quantitative estimate of drug-likeness (QED) is 0.583. The van der Waals surface area contributed by atoms with E-state index in [9.17, 15) is 9.90 Å². The smallest absolute Gasteiger partial charge is 0.354 e. The van der Waals surface area contributed by atoms with Crippen molar-refractivity contribution < 1.29 is 9.90 Å². The number of carboxylic acid groups (broad SMARTS) is 1. The molecule has 0 spiro atoms. The predicted molar refractivity (Wildman–Crippen MR) is 107 cm³/mol. The highest BCUT2D eigenvalue weighted by atomic mass is 16.4. The molecule has 1 aliphatic rings. The van der Waals surface area contributed by atoms with Gasteiger partial charge in [-0.05, 0) is 48.2 Å². The third-order valence-electron chi connectivity index (χ3n) is 5.23. The standard InChI is InChI=1S/C23H17N3O2/c27-23(28)20-12-17(9-11-25-20)26-21-7-6-15-8-10-24-14-19(15)18(21)13-22(26)16-4-2-1-3-5-16/h1-5,8-14H,6-7H2,(H,27,28). The van der Waals surface area contributed by atoms with Crippen LogP contribution >= 0.6 is 0 Å². The molecule has 5 nitrogen and oxygen atoms in total. The topological polar surface area (TPSA) is 68.0 Å². The van der Waals surface area contributed by atoms with Crippen LogP contribution in [0.15, 0.2) is 73.2 Å². The zero-order chi connectivity index (χ0) is 19.1. The summed E-state index contributed by atoms with van der Waals surface area (Å²) in [5.74, 6) is -1.03. The number of hydrogen-bond acceptors (Lipinski definition) is 3. The maximum atomic E-state index is 11.5. The Hall–Kier alpha value is -3.73. The molecule has 0 amide bonds. The number of aromatic nitrogens is 3. The summed E-state index contributed by atoms with van der Waals surface area (Å²) in [6.07, 6.45) is 7.12. The van der Waals surface area contributed by atoms with Gasteiger partial charge in [0.15, 0.2) is 0 Å². The molecule has 0 bridgehead atoms. The van der Waals surface area contributed by atoms with Crippen LogP contribution in [0.5, 0.6) is 0 Å². The molecule has 28 heavy (non-hydrogen) atoms. The average molecular weight is 367 g/mol. The van der Waals surface area contributed by atoms with Crippen molar-refractivity contribution in [2.24, 2.45) is 0 Å². The van der Waals surface area contributed by atoms with Gasteiger partial charge in [0, 0.05) is 41.1 Å². The summed E-state index contributed by atoms with van der Waals surface area (Å²) in [5, 5.41) is 9.38. The lowest BCUT2D eigenvalue weighted by atomic mass is 9.91. The molecule has 5 rings (SSSR count). The van der Waals surface area contributed by atoms with Gasteiger partial charge in [-0.25, -0.2) is 9.78 Å². The van der Waals surface area contributed by atoms with Crippen LogP contribution in [-0.2, 0) is 12.8 Å². The molecule has 0 fully saturated rings. The Labute approximate surface area is 162 Å². The van der Waals surface area contributed by atoms with Crippen molar-refractivity contribution in [2.75, 3.05) is 0 Å². The first-order chi connectivity index (χ1) is 13.7. The number of rotatable bonds is 3. The number of pyridine rings is 2. The molecule has 3 aromatic heterocycles. The van der Waals surface area contributed by atoms with Gasteiger partial charge in [-0.1, -0.05) is 30.3 Å². The van der Waals surface area contributed by atoms with Gasteiger partial charge >= 0.3 is 5.97 Å². The molecule has 3 heterocycles. The Morgan fingerprint density at radius 3 is 2.64 bits per heavy atom. The highest BCUT2D eigenvalue weighted by molar-refractivity contribution is 5.86. The van der Waals surface area contributed by atoms with Crippen molar-refractivity contribution in [3.63, 3.8) is 0 Å². The molecule has 0 aliphatic heterocycles. The number of benzene rings is 1. The Morgan fingerprint density at radius 1 is 0.964 bits per heavy atom. The number of aromatic carboxylic acids is 1. The molecular formula is C23H17N3O2. The molecule has 0 unspecified atom stereocenters. The number of carboxylic acids is 1. The second kappa shape index (κ2) is 6.46. The lowest BCUT2D eigenvalue weighted by molar-refractivity contribution is 0.0690. The summed E-state index contributed by atoms with van der Waals surface area (Å²) in [6, 6.07) is 17.9. The van der Waals surface area contributed by atoms with E-state index < -0.39 is 5.97 Å². The van der Waals surface area contributed by atoms with Gasteiger partial charge < -0.3 is 9.67 Å². The van der Waals surface area contributed by atoms with Crippen LogP contribution in [0.1, 0.15) is 21.7 Å². The number of nitrogens with zero attached hydrogens (tertiary/aromatic N) is 3. The Morgan fingerprint density at radius 2 is 1.82 bits per heavy atom. The molecule has 1 N–H and O–H groups in total. The van der Waals surface area contributed by atoms with Crippen LogP contribution < -0.4 is 0 Å². The van der Waals surface area contributed by atoms with E-state index in [1.165, 1.54) is 11.3 Å². The first kappa shape index (κ1) is 16.4. The third-order valence-corrected chi connectivity index (χ3v) is 5.23. The van der Waals surface area contributed by atoms with Crippen LogP contribution in [0.3, 0.4) is 0 Å². The van der Waals surface area contributed by atoms with E-state index in [2.05, 4.69) is 38.8 Å². The molecule has 0 saturated carbocycles. The molecule has 5 heteroatoms. The second-order valence-corrected chi connectivity index (χ2v) is 6.83. The van der Waals surface area contributed by atoms with Crippen molar-refractivity contribution in [2.45, 2.75) is 12.8 Å². The summed E-state index contributed by atoms with van der Waals surface area (Å²) in [6.45, 7) is 0. The van der Waals surface area contributed by atoms with Crippen molar-refractivity contribution in [1.82, 2.24) is 14.5 Å². The monoisotopic (exact) mass is 367 g/mol. The summed E-state index contributed by atoms with van der Waals surface area (Å²) in [7, 11) is 0. The fourth-order valence-corrected chi connectivity index (χ4v) is 3.96. The molecule has 0 saturated heterocycles. The van der Waals surface area contributed by atoms with E-state index in [-0.39, 0.29) is 5.69 Å². The summed E-state index contributed by atoms with van der Waals surface area (Å²) < 4.78 is 2.16. The van der Waals surface area contributed by atoms with E-state index in [1.807, 2.05) is 36.7 Å². The Bertz CT molecular complexity index is 1200. The SMILES string of the molecule is O=C(O)c1cc(-n2c(-c3ccccc3)cc3c2CCc2ccncc2-3)ccn1. The van der Waals surface area contributed by atoms with E-state index >= 15 is 0 Å². The van der Waals surface area contributed by atoms with Gasteiger partial charge in [0.1, 0.15) is 5.69 Å². The second-order valence-electron chi connectivity index (χ2n) is 6.83. The van der Waals surface area contributed by atoms with Crippen LogP contribution in [-0.4, -0.2) is 25.6 Å². The number of carbonyl (C=O) groups is 1. The Kier molecular flexibility index (Phi) is 3.79. The van der Waals surface area contributed by atoms with Gasteiger partial charge in [0.25, 0.3) is 0 Å². The van der Waals surface area contributed by atoms with Crippen molar-refractivity contribution in [3.05, 3.63) is 90.1 Å². The summed E-state index contributed by atoms with van der Waals surface area (Å²) >= 11 is 0. The molecule has 0 radical (unpaired) electrons. The van der Waals surface area contributed by atoms with Crippen LogP contribution in [0.25, 0.3) is 28.1 Å². The molecule has 1 aliphatic carbocycles. The summed E-state index contributed by atoms with van der Waals surface area (Å²) in [4.78, 5) is 19.7. The zero-order valence-electron chi connectivity index (χ0n) is 15.0. The van der Waals surface area contributed by atoms with Crippen LogP contribution in [0.2, 0.25) is 0 Å². The molecular weight excluding hydrogens is 350 g/mol. The fraction of sp³-hybridized carbons (Fsp3) is 0.0870. The first-order valence-electron chi connectivity index (χ1n) is 9.15. The molecule has 0 atom stereocenters. The minimum absolute atomic E-state index is 0.0387. The minimum Gasteiger partial charge on any atom is -0.477 e. The first-order valence-corrected chi connectivity index (χ1v) is 9.15. The third kappa shape index (κ3) is 2.60. The number of hydrogen-bond donors (Lipinski definition) is 1. The van der Waals surface area contributed by atoms with Gasteiger partial charge in [0.05, 0.1) is 5.69 Å². The zero-order valence-corrected chi connectivity index (χ0v) is 15.0. The van der Waals surface area contributed by atoms with Gasteiger partial charge in [0.2, 0.25) is 0 Å². The average Bonchev–Trinajstić information content (AvgIpc) is 3.14. The lowest BCUT2D eigenvalue weighted by Gasteiger charge is -2.19. The minimum atomic E-state index is -1.03. The van der Waals surface area contributed by atoms with Crippen LogP contribution in [0, 0.1) is 0 Å². The van der Waals surface area contributed by atoms with E-state index in [1.54, 1.807) is 12.3 Å². The maximum Gasteiger partial charge on any atom is 0.354 e. The van der Waals surface area contributed by atoms with Gasteiger partial charge in [-0.2, -0.15) is 0 Å². The fourth-order valence-electron chi connectivity index (χ4n) is 3.96. The molecule has 136 valence electrons. The number of fused-ring (bicyclic) bond motifs is 3. The predicted octanol–water partition coefficient (Wildman–Crippen LogP) is 4.40. The normalized spacial score (nSPS) is 12.3. The lowest BCUT2D eigenvalue weighted by Crippen LogP contribution is -2.10. The van der Waals surface area contributed by atoms with Crippen LogP contribution in [0.4, 0.5) is 0 Å². The van der Waals surface area contributed by atoms with E-state index in [0.29, 0.717) is 0 Å². The summed E-state index contributed by atoms with van der Waals surface area (Å²) in [5.41, 5.74) is 7.72. The maximum absolute atomic E-state index is 11.5. The van der Waals surface area contributed by atoms with Gasteiger partial charge in [-0.15, -0.1) is 0 Å². The van der Waals surface area contributed by atoms with Crippen molar-refractivity contribution in [3.8, 4) is 28.1 Å². The Balaban J connectivity index is 1.80. The highest BCUT2D eigenvalue weighted by Crippen LogP contribution is 2.40. The van der Waals surface area contributed by atoms with Crippen molar-refractivity contribution >= 4 is 5.97 Å². The highest BCUT2D eigenvalue weighted by Gasteiger charge is 2.24. The van der Waals surface area contributed by atoms with Gasteiger partial charge in [-0.3, -0.25) is 4.98 Å². The largest absolute Gasteiger partial charge is 0.477 e. The van der Waals surface area contributed by atoms with Crippen molar-refractivity contribution in [1.29, 1.82) is 0 Å². The van der Waals surface area contributed by atoms with E-state index in [4.69, 9.17) is 0 Å².